The highest BCUT2D eigenvalue weighted by atomic mass is 16.2. The number of hydrogen-bond acceptors (Lipinski definition) is 2. The number of anilines is 2. The number of rotatable bonds is 3. The van der Waals surface area contributed by atoms with E-state index in [-0.39, 0.29) is 24.2 Å². The molecule has 2 aromatic carbocycles. The Morgan fingerprint density at radius 2 is 1.83 bits per heavy atom. The third kappa shape index (κ3) is 3.11. The van der Waals surface area contributed by atoms with E-state index in [9.17, 15) is 9.59 Å². The zero-order valence-corrected chi connectivity index (χ0v) is 13.4. The molecular weight excluding hydrogens is 288 g/mol. The number of hydrogen-bond donors (Lipinski definition) is 1. The monoisotopic (exact) mass is 308 g/mol. The maximum Gasteiger partial charge on any atom is 0.229 e. The van der Waals surface area contributed by atoms with Crippen molar-refractivity contribution in [3.05, 3.63) is 59.7 Å². The summed E-state index contributed by atoms with van der Waals surface area (Å²) in [5.41, 5.74) is 3.90. The van der Waals surface area contributed by atoms with Gasteiger partial charge in [0.1, 0.15) is 0 Å². The third-order valence-corrected chi connectivity index (χ3v) is 4.40. The van der Waals surface area contributed by atoms with E-state index in [4.69, 9.17) is 0 Å². The normalized spacial score (nSPS) is 17.4. The summed E-state index contributed by atoms with van der Waals surface area (Å²) < 4.78 is 0. The average Bonchev–Trinajstić information content (AvgIpc) is 2.93. The molecule has 1 heterocycles. The average molecular weight is 308 g/mol. The topological polar surface area (TPSA) is 49.4 Å². The second-order valence-corrected chi connectivity index (χ2v) is 5.98. The molecule has 0 spiro atoms. The van der Waals surface area contributed by atoms with Gasteiger partial charge in [-0.1, -0.05) is 30.3 Å². The molecule has 0 bridgehead atoms. The minimum absolute atomic E-state index is 0.00640. The van der Waals surface area contributed by atoms with Crippen LogP contribution in [0.2, 0.25) is 0 Å². The number of benzene rings is 2. The smallest absolute Gasteiger partial charge is 0.229 e. The maximum absolute atomic E-state index is 12.4. The minimum atomic E-state index is -0.317. The molecule has 2 amide bonds. The summed E-state index contributed by atoms with van der Waals surface area (Å²) in [6.07, 6.45) is 0.256. The molecule has 118 valence electrons. The highest BCUT2D eigenvalue weighted by molar-refractivity contribution is 6.03. The number of aryl methyl sites for hydroxylation is 1. The van der Waals surface area contributed by atoms with Gasteiger partial charge in [-0.05, 0) is 43.2 Å². The van der Waals surface area contributed by atoms with Gasteiger partial charge in [0.05, 0.1) is 5.92 Å². The van der Waals surface area contributed by atoms with Gasteiger partial charge in [0.2, 0.25) is 11.8 Å². The molecule has 0 unspecified atom stereocenters. The molecule has 1 saturated heterocycles. The molecule has 23 heavy (non-hydrogen) atoms. The first-order valence-electron chi connectivity index (χ1n) is 7.79. The Labute approximate surface area is 136 Å². The highest BCUT2D eigenvalue weighted by Crippen LogP contribution is 2.29. The molecule has 2 aromatic rings. The number of para-hydroxylation sites is 1. The second-order valence-electron chi connectivity index (χ2n) is 5.98. The van der Waals surface area contributed by atoms with E-state index in [1.807, 2.05) is 62.4 Å². The first-order chi connectivity index (χ1) is 11.1. The van der Waals surface area contributed by atoms with Crippen molar-refractivity contribution in [2.45, 2.75) is 20.3 Å². The SMILES string of the molecule is Cc1cccc(N2C[C@H](C(=O)Nc3ccccc3)CC2=O)c1C. The van der Waals surface area contributed by atoms with Crippen molar-refractivity contribution in [3.63, 3.8) is 0 Å². The van der Waals surface area contributed by atoms with E-state index in [2.05, 4.69) is 5.32 Å². The van der Waals surface area contributed by atoms with E-state index in [0.29, 0.717) is 6.54 Å². The number of carbonyl (C=O) groups is 2. The lowest BCUT2D eigenvalue weighted by Crippen LogP contribution is -2.28. The number of amides is 2. The molecule has 1 fully saturated rings. The molecule has 0 aliphatic carbocycles. The van der Waals surface area contributed by atoms with Crippen LogP contribution in [-0.2, 0) is 9.59 Å². The van der Waals surface area contributed by atoms with E-state index in [0.717, 1.165) is 22.5 Å². The van der Waals surface area contributed by atoms with Crippen LogP contribution in [0.3, 0.4) is 0 Å². The molecule has 3 rings (SSSR count). The Hall–Kier alpha value is -2.62. The van der Waals surface area contributed by atoms with Gasteiger partial charge in [-0.2, -0.15) is 0 Å². The van der Waals surface area contributed by atoms with E-state index >= 15 is 0 Å². The van der Waals surface area contributed by atoms with Gasteiger partial charge in [0.15, 0.2) is 0 Å². The first-order valence-corrected chi connectivity index (χ1v) is 7.79. The molecule has 1 atom stereocenters. The van der Waals surface area contributed by atoms with Gasteiger partial charge in [-0.15, -0.1) is 0 Å². The molecule has 4 heteroatoms. The second kappa shape index (κ2) is 6.24. The Morgan fingerprint density at radius 3 is 2.57 bits per heavy atom. The summed E-state index contributed by atoms with van der Waals surface area (Å²) in [4.78, 5) is 26.5. The molecule has 4 nitrogen and oxygen atoms in total. The quantitative estimate of drug-likeness (QED) is 0.946. The summed E-state index contributed by atoms with van der Waals surface area (Å²) in [6.45, 7) is 4.47. The van der Waals surface area contributed by atoms with E-state index in [1.165, 1.54) is 0 Å². The number of nitrogens with one attached hydrogen (secondary N) is 1. The zero-order valence-electron chi connectivity index (χ0n) is 13.4. The molecule has 1 aliphatic heterocycles. The molecule has 0 radical (unpaired) electrons. The standard InChI is InChI=1S/C19H20N2O2/c1-13-7-6-10-17(14(13)2)21-12-15(11-18(21)22)19(23)20-16-8-4-3-5-9-16/h3-10,15H,11-12H2,1-2H3,(H,20,23)/t15-/m1/s1. The van der Waals surface area contributed by atoms with Crippen LogP contribution < -0.4 is 10.2 Å². The summed E-state index contributed by atoms with van der Waals surface area (Å²) in [6, 6.07) is 15.2. The lowest BCUT2D eigenvalue weighted by atomic mass is 10.1. The van der Waals surface area contributed by atoms with E-state index < -0.39 is 0 Å². The Kier molecular flexibility index (Phi) is 4.15. The molecular formula is C19H20N2O2. The molecule has 0 aromatic heterocycles. The van der Waals surface area contributed by atoms with Crippen LogP contribution in [0.1, 0.15) is 17.5 Å². The Morgan fingerprint density at radius 1 is 1.09 bits per heavy atom. The van der Waals surface area contributed by atoms with Crippen LogP contribution in [0, 0.1) is 19.8 Å². The van der Waals surface area contributed by atoms with Gasteiger partial charge < -0.3 is 10.2 Å². The first kappa shape index (κ1) is 15.3. The minimum Gasteiger partial charge on any atom is -0.326 e. The fourth-order valence-corrected chi connectivity index (χ4v) is 2.91. The van der Waals surface area contributed by atoms with Crippen molar-refractivity contribution in [2.75, 3.05) is 16.8 Å². The van der Waals surface area contributed by atoms with E-state index in [1.54, 1.807) is 4.90 Å². The number of carbonyl (C=O) groups excluding carboxylic acids is 2. The largest absolute Gasteiger partial charge is 0.326 e. The van der Waals surface area contributed by atoms with Crippen molar-refractivity contribution in [3.8, 4) is 0 Å². The van der Waals surface area contributed by atoms with Crippen LogP contribution in [0.25, 0.3) is 0 Å². The maximum atomic E-state index is 12.4. The molecule has 0 saturated carbocycles. The lowest BCUT2D eigenvalue weighted by molar-refractivity contribution is -0.122. The van der Waals surface area contributed by atoms with Gasteiger partial charge >= 0.3 is 0 Å². The molecule has 1 N–H and O–H groups in total. The highest BCUT2D eigenvalue weighted by Gasteiger charge is 2.35. The van der Waals surface area contributed by atoms with Gasteiger partial charge in [0, 0.05) is 24.3 Å². The summed E-state index contributed by atoms with van der Waals surface area (Å²) in [5, 5.41) is 2.88. The van der Waals surface area contributed by atoms with Gasteiger partial charge in [-0.25, -0.2) is 0 Å². The molecule has 1 aliphatic rings. The van der Waals surface area contributed by atoms with Crippen LogP contribution in [0.5, 0.6) is 0 Å². The Balaban J connectivity index is 1.75. The van der Waals surface area contributed by atoms with Crippen molar-refractivity contribution in [2.24, 2.45) is 5.92 Å². The van der Waals surface area contributed by atoms with Gasteiger partial charge in [-0.3, -0.25) is 9.59 Å². The van der Waals surface area contributed by atoms with Crippen molar-refractivity contribution in [1.29, 1.82) is 0 Å². The van der Waals surface area contributed by atoms with Crippen LogP contribution in [-0.4, -0.2) is 18.4 Å². The summed E-state index contributed by atoms with van der Waals surface area (Å²) >= 11 is 0. The van der Waals surface area contributed by atoms with Gasteiger partial charge in [0.25, 0.3) is 0 Å². The van der Waals surface area contributed by atoms with Crippen LogP contribution in [0.15, 0.2) is 48.5 Å². The lowest BCUT2D eigenvalue weighted by Gasteiger charge is -2.20. The summed E-state index contributed by atoms with van der Waals surface area (Å²) in [7, 11) is 0. The number of nitrogens with zero attached hydrogens (tertiary/aromatic N) is 1. The third-order valence-electron chi connectivity index (χ3n) is 4.40. The van der Waals surface area contributed by atoms with Crippen molar-refractivity contribution >= 4 is 23.2 Å². The fraction of sp³-hybridized carbons (Fsp3) is 0.263. The van der Waals surface area contributed by atoms with Crippen LogP contribution >= 0.6 is 0 Å². The van der Waals surface area contributed by atoms with Crippen molar-refractivity contribution < 1.29 is 9.59 Å². The zero-order chi connectivity index (χ0) is 16.4. The predicted molar refractivity (Wildman–Crippen MR) is 91.4 cm³/mol. The summed E-state index contributed by atoms with van der Waals surface area (Å²) in [5.74, 6) is -0.410. The fourth-order valence-electron chi connectivity index (χ4n) is 2.91. The van der Waals surface area contributed by atoms with Crippen molar-refractivity contribution in [1.82, 2.24) is 0 Å². The van der Waals surface area contributed by atoms with Crippen LogP contribution in [0.4, 0.5) is 11.4 Å². The Bertz CT molecular complexity index is 740. The predicted octanol–water partition coefficient (Wildman–Crippen LogP) is 3.30.